The highest BCUT2D eigenvalue weighted by Gasteiger charge is 2.14. The van der Waals surface area contributed by atoms with E-state index < -0.39 is 23.0 Å². The number of nitrogens with two attached hydrogens (primary N) is 2. The molecule has 0 aromatic carbocycles. The number of carboxylic acid groups (broad SMARTS) is 1. The molecule has 0 saturated carbocycles. The predicted molar refractivity (Wildman–Crippen MR) is 62.5 cm³/mol. The molecule has 0 aromatic heterocycles. The van der Waals surface area contributed by atoms with Crippen LogP contribution in [-0.2, 0) is 15.8 Å². The number of hydrogen-bond acceptors (Lipinski definition) is 3. The standard InChI is InChI=1S/C5H11NO2.C4H11NOS/c1-3(2)4(6)5(7)8;1-4(2,3)7(5)6/h3-4H,6H2,1-2H3,(H,7,8);5H2,1-3H3/t4-;/m0./s1. The SMILES string of the molecule is CC(C)(C)S(N)=O.CC(C)[C@H](N)C(=O)O. The van der Waals surface area contributed by atoms with Crippen LogP contribution in [-0.4, -0.2) is 26.1 Å². The quantitative estimate of drug-likeness (QED) is 0.649. The van der Waals surface area contributed by atoms with Gasteiger partial charge in [-0.05, 0) is 26.7 Å². The van der Waals surface area contributed by atoms with Gasteiger partial charge in [-0.25, -0.2) is 4.21 Å². The molecule has 5 N–H and O–H groups in total. The van der Waals surface area contributed by atoms with Gasteiger partial charge in [-0.1, -0.05) is 13.8 Å². The Balaban J connectivity index is 0. The zero-order valence-electron chi connectivity index (χ0n) is 9.98. The molecule has 0 radical (unpaired) electrons. The first-order valence-electron chi connectivity index (χ1n) is 4.64. The fourth-order valence-corrected chi connectivity index (χ4v) is 0.285. The first-order chi connectivity index (χ1) is 6.50. The molecule has 0 aliphatic carbocycles. The second kappa shape index (κ2) is 6.92. The number of hydrogen-bond donors (Lipinski definition) is 3. The summed E-state index contributed by atoms with van der Waals surface area (Å²) in [7, 11) is -1.18. The van der Waals surface area contributed by atoms with Gasteiger partial charge < -0.3 is 10.8 Å². The third-order valence-electron chi connectivity index (χ3n) is 1.61. The van der Waals surface area contributed by atoms with Gasteiger partial charge in [-0.2, -0.15) is 0 Å². The normalized spacial score (nSPS) is 15.2. The van der Waals surface area contributed by atoms with Crippen molar-refractivity contribution in [2.75, 3.05) is 0 Å². The topological polar surface area (TPSA) is 106 Å². The maximum atomic E-state index is 10.4. The smallest absolute Gasteiger partial charge is 0.320 e. The summed E-state index contributed by atoms with van der Waals surface area (Å²) < 4.78 is 10.1. The summed E-state index contributed by atoms with van der Waals surface area (Å²) in [4.78, 5) is 10.0. The maximum Gasteiger partial charge on any atom is 0.320 e. The van der Waals surface area contributed by atoms with Gasteiger partial charge >= 0.3 is 5.97 Å². The Labute approximate surface area is 93.8 Å². The second-order valence-electron chi connectivity index (χ2n) is 4.52. The van der Waals surface area contributed by atoms with E-state index >= 15 is 0 Å². The van der Waals surface area contributed by atoms with E-state index in [0.29, 0.717) is 0 Å². The van der Waals surface area contributed by atoms with Gasteiger partial charge in [-0.15, -0.1) is 0 Å². The first kappa shape index (κ1) is 17.0. The van der Waals surface area contributed by atoms with E-state index in [4.69, 9.17) is 16.0 Å². The van der Waals surface area contributed by atoms with E-state index in [2.05, 4.69) is 0 Å². The molecule has 0 heterocycles. The highest BCUT2D eigenvalue weighted by molar-refractivity contribution is 7.84. The average molecular weight is 238 g/mol. The Kier molecular flexibility index (Phi) is 7.82. The zero-order valence-corrected chi connectivity index (χ0v) is 10.8. The van der Waals surface area contributed by atoms with Crippen molar-refractivity contribution in [2.45, 2.75) is 45.4 Å². The van der Waals surface area contributed by atoms with Crippen LogP contribution in [0.2, 0.25) is 0 Å². The third-order valence-corrected chi connectivity index (χ3v) is 2.81. The molecule has 0 aliphatic rings. The van der Waals surface area contributed by atoms with Crippen LogP contribution in [0.4, 0.5) is 0 Å². The predicted octanol–water partition coefficient (Wildman–Crippen LogP) is 0.462. The van der Waals surface area contributed by atoms with Gasteiger partial charge in [0, 0.05) is 0 Å². The summed E-state index contributed by atoms with van der Waals surface area (Å²) in [5.74, 6) is -0.910. The van der Waals surface area contributed by atoms with Crippen LogP contribution >= 0.6 is 0 Å². The number of rotatable bonds is 2. The Morgan fingerprint density at radius 2 is 1.60 bits per heavy atom. The summed E-state index contributed by atoms with van der Waals surface area (Å²) in [5.41, 5.74) is 5.16. The van der Waals surface area contributed by atoms with Crippen LogP contribution in [0.5, 0.6) is 0 Å². The van der Waals surface area contributed by atoms with Crippen molar-refractivity contribution >= 4 is 17.0 Å². The Morgan fingerprint density at radius 3 is 1.60 bits per heavy atom. The van der Waals surface area contributed by atoms with E-state index in [1.54, 1.807) is 13.8 Å². The van der Waals surface area contributed by atoms with Crippen LogP contribution in [0.25, 0.3) is 0 Å². The van der Waals surface area contributed by atoms with Crippen LogP contribution in [0, 0.1) is 5.92 Å². The molecule has 5 nitrogen and oxygen atoms in total. The van der Waals surface area contributed by atoms with E-state index in [1.807, 2.05) is 20.8 Å². The van der Waals surface area contributed by atoms with Crippen LogP contribution in [0.15, 0.2) is 0 Å². The lowest BCUT2D eigenvalue weighted by Crippen LogP contribution is -2.34. The highest BCUT2D eigenvalue weighted by Crippen LogP contribution is 2.04. The van der Waals surface area contributed by atoms with E-state index in [1.165, 1.54) is 0 Å². The minimum absolute atomic E-state index is 0.0208. The lowest BCUT2D eigenvalue weighted by atomic mass is 10.1. The Morgan fingerprint density at radius 1 is 1.33 bits per heavy atom. The van der Waals surface area contributed by atoms with Crippen molar-refractivity contribution in [1.82, 2.24) is 0 Å². The van der Waals surface area contributed by atoms with Crippen molar-refractivity contribution in [3.8, 4) is 0 Å². The lowest BCUT2D eigenvalue weighted by molar-refractivity contribution is -0.139. The van der Waals surface area contributed by atoms with Crippen molar-refractivity contribution in [2.24, 2.45) is 16.8 Å². The average Bonchev–Trinajstić information content (AvgIpc) is 2.01. The summed E-state index contributed by atoms with van der Waals surface area (Å²) in [6.07, 6.45) is 0. The summed E-state index contributed by atoms with van der Waals surface area (Å²) in [5, 5.41) is 13.3. The second-order valence-corrected chi connectivity index (χ2v) is 6.34. The van der Waals surface area contributed by atoms with Crippen molar-refractivity contribution in [3.05, 3.63) is 0 Å². The highest BCUT2D eigenvalue weighted by atomic mass is 32.2. The molecule has 0 aromatic rings. The lowest BCUT2D eigenvalue weighted by Gasteiger charge is -2.11. The molecule has 0 saturated heterocycles. The first-order valence-corrected chi connectivity index (χ1v) is 5.86. The molecule has 0 rings (SSSR count). The molecular weight excluding hydrogens is 216 g/mol. The number of aliphatic carboxylic acids is 1. The molecule has 2 atom stereocenters. The summed E-state index contributed by atoms with van der Waals surface area (Å²) >= 11 is 0. The molecule has 0 amide bonds. The molecule has 1 unspecified atom stereocenters. The van der Waals surface area contributed by atoms with Crippen LogP contribution in [0.3, 0.4) is 0 Å². The van der Waals surface area contributed by atoms with Gasteiger partial charge in [0.05, 0.1) is 15.7 Å². The summed E-state index contributed by atoms with van der Waals surface area (Å²) in [6, 6.07) is -0.713. The van der Waals surface area contributed by atoms with Gasteiger partial charge in [0.2, 0.25) is 0 Å². The Hall–Kier alpha value is -0.460. The molecule has 0 bridgehead atoms. The van der Waals surface area contributed by atoms with Gasteiger partial charge in [0.1, 0.15) is 6.04 Å². The molecular formula is C9H22N2O3S. The Bertz CT molecular complexity index is 224. The molecule has 0 spiro atoms. The monoisotopic (exact) mass is 238 g/mol. The molecule has 0 fully saturated rings. The minimum atomic E-state index is -1.18. The van der Waals surface area contributed by atoms with Crippen molar-refractivity contribution in [3.63, 3.8) is 0 Å². The fraction of sp³-hybridized carbons (Fsp3) is 0.889. The van der Waals surface area contributed by atoms with Gasteiger partial charge in [0.25, 0.3) is 0 Å². The minimum Gasteiger partial charge on any atom is -0.480 e. The van der Waals surface area contributed by atoms with Crippen LogP contribution in [0.1, 0.15) is 34.6 Å². The van der Waals surface area contributed by atoms with Gasteiger partial charge in [0.15, 0.2) is 0 Å². The van der Waals surface area contributed by atoms with E-state index in [9.17, 15) is 9.00 Å². The van der Waals surface area contributed by atoms with Gasteiger partial charge in [-0.3, -0.25) is 9.93 Å². The van der Waals surface area contributed by atoms with Crippen molar-refractivity contribution in [1.29, 1.82) is 0 Å². The number of carbonyl (C=O) groups is 1. The molecule has 0 aliphatic heterocycles. The zero-order chi connectivity index (χ0) is 12.8. The van der Waals surface area contributed by atoms with E-state index in [0.717, 1.165) is 0 Å². The van der Waals surface area contributed by atoms with Crippen LogP contribution < -0.4 is 10.9 Å². The van der Waals surface area contributed by atoms with E-state index in [-0.39, 0.29) is 10.7 Å². The fourth-order valence-electron chi connectivity index (χ4n) is 0.285. The molecule has 15 heavy (non-hydrogen) atoms. The van der Waals surface area contributed by atoms with Crippen molar-refractivity contribution < 1.29 is 14.1 Å². The number of carboxylic acids is 1. The molecule has 92 valence electrons. The largest absolute Gasteiger partial charge is 0.480 e. The maximum absolute atomic E-state index is 10.4. The third kappa shape index (κ3) is 9.84. The summed E-state index contributed by atoms with van der Waals surface area (Å²) in [6.45, 7) is 9.06. The molecule has 6 heteroatoms.